The van der Waals surface area contributed by atoms with Crippen molar-refractivity contribution < 1.29 is 26.4 Å². The summed E-state index contributed by atoms with van der Waals surface area (Å²) in [6.07, 6.45) is 10.1. The van der Waals surface area contributed by atoms with Gasteiger partial charge in [0, 0.05) is 22.9 Å². The molecule has 0 aliphatic heterocycles. The predicted octanol–water partition coefficient (Wildman–Crippen LogP) is 3.60. The van der Waals surface area contributed by atoms with Gasteiger partial charge in [0.2, 0.25) is 0 Å². The zero-order valence-electron chi connectivity index (χ0n) is 9.04. The second-order valence-electron chi connectivity index (χ2n) is 3.62. The van der Waals surface area contributed by atoms with Crippen molar-refractivity contribution in [2.45, 2.75) is 64.7 Å². The van der Waals surface area contributed by atoms with Crippen LogP contribution in [0.15, 0.2) is 0 Å². The summed E-state index contributed by atoms with van der Waals surface area (Å²) in [6, 6.07) is 0. The van der Waals surface area contributed by atoms with E-state index in [2.05, 4.69) is 6.92 Å². The molecule has 3 heteroatoms. The Morgan fingerprint density at radius 3 is 1.79 bits per heavy atom. The maximum atomic E-state index is 10.2. The molecule has 0 aliphatic carbocycles. The molecule has 0 amide bonds. The van der Waals surface area contributed by atoms with Gasteiger partial charge < -0.3 is 5.11 Å². The monoisotopic (exact) mass is 244 g/mol. The first kappa shape index (κ1) is 16.4. The van der Waals surface area contributed by atoms with E-state index in [-0.39, 0.29) is 16.5 Å². The molecule has 0 heterocycles. The summed E-state index contributed by atoms with van der Waals surface area (Å²) in [5.74, 6) is -0.661. The Kier molecular flexibility index (Phi) is 15.2. The molecule has 0 unspecified atom stereocenters. The van der Waals surface area contributed by atoms with Crippen molar-refractivity contribution >= 4 is 5.97 Å². The van der Waals surface area contributed by atoms with Gasteiger partial charge in [-0.05, 0) is 6.42 Å². The zero-order chi connectivity index (χ0) is 9.94. The summed E-state index contributed by atoms with van der Waals surface area (Å²) in [7, 11) is 0. The summed E-state index contributed by atoms with van der Waals surface area (Å²) in [5, 5.41) is 8.39. The predicted molar refractivity (Wildman–Crippen MR) is 54.9 cm³/mol. The van der Waals surface area contributed by atoms with E-state index in [4.69, 9.17) is 5.11 Å². The summed E-state index contributed by atoms with van der Waals surface area (Å²) in [4.78, 5) is 10.2. The second kappa shape index (κ2) is 13.0. The number of rotatable bonds is 9. The van der Waals surface area contributed by atoms with Crippen LogP contribution in [-0.4, -0.2) is 11.1 Å². The molecule has 88 valence electrons. The van der Waals surface area contributed by atoms with Crippen molar-refractivity contribution in [1.82, 2.24) is 0 Å². The van der Waals surface area contributed by atoms with E-state index in [1.807, 2.05) is 0 Å². The van der Waals surface area contributed by atoms with Gasteiger partial charge in [-0.3, -0.25) is 4.79 Å². The van der Waals surface area contributed by atoms with Gasteiger partial charge in [0.25, 0.3) is 0 Å². The van der Waals surface area contributed by atoms with Crippen molar-refractivity contribution in [3.63, 3.8) is 0 Å². The minimum absolute atomic E-state index is 0. The van der Waals surface area contributed by atoms with Gasteiger partial charge in [-0.15, -0.1) is 0 Å². The van der Waals surface area contributed by atoms with Crippen LogP contribution in [0.1, 0.15) is 64.7 Å². The standard InChI is InChI=1S/C11H22O2.Ni/c1-2-3-4-5-6-7-8-9-10-11(12)13;/h2-10H2,1H3,(H,12,13);. The molecule has 0 aromatic heterocycles. The van der Waals surface area contributed by atoms with Gasteiger partial charge in [-0.1, -0.05) is 51.9 Å². The summed E-state index contributed by atoms with van der Waals surface area (Å²) in [6.45, 7) is 2.22. The number of carboxylic acid groups (broad SMARTS) is 1. The summed E-state index contributed by atoms with van der Waals surface area (Å²) >= 11 is 0. The van der Waals surface area contributed by atoms with Crippen molar-refractivity contribution in [3.8, 4) is 0 Å². The molecule has 2 nitrogen and oxygen atoms in total. The third-order valence-corrected chi connectivity index (χ3v) is 2.24. The van der Waals surface area contributed by atoms with Crippen LogP contribution < -0.4 is 0 Å². The number of hydrogen-bond donors (Lipinski definition) is 1. The second-order valence-corrected chi connectivity index (χ2v) is 3.62. The molecular formula is C11H22NiO2. The molecule has 0 atom stereocenters. The molecular weight excluding hydrogens is 223 g/mol. The molecule has 0 bridgehead atoms. The van der Waals surface area contributed by atoms with Crippen LogP contribution in [0.2, 0.25) is 0 Å². The van der Waals surface area contributed by atoms with Crippen molar-refractivity contribution in [3.05, 3.63) is 0 Å². The smallest absolute Gasteiger partial charge is 0.303 e. The van der Waals surface area contributed by atoms with Crippen LogP contribution in [0.25, 0.3) is 0 Å². The van der Waals surface area contributed by atoms with Gasteiger partial charge in [0.05, 0.1) is 0 Å². The van der Waals surface area contributed by atoms with E-state index < -0.39 is 5.97 Å². The van der Waals surface area contributed by atoms with E-state index in [1.165, 1.54) is 38.5 Å². The van der Waals surface area contributed by atoms with Crippen molar-refractivity contribution in [2.24, 2.45) is 0 Å². The number of hydrogen-bond acceptors (Lipinski definition) is 1. The fourth-order valence-electron chi connectivity index (χ4n) is 1.41. The topological polar surface area (TPSA) is 37.3 Å². The zero-order valence-corrected chi connectivity index (χ0v) is 10.0. The largest absolute Gasteiger partial charge is 0.481 e. The van der Waals surface area contributed by atoms with E-state index in [1.54, 1.807) is 0 Å². The number of unbranched alkanes of at least 4 members (excludes halogenated alkanes) is 7. The summed E-state index contributed by atoms with van der Waals surface area (Å²) < 4.78 is 0. The molecule has 0 aromatic rings. The van der Waals surface area contributed by atoms with Crippen LogP contribution in [-0.2, 0) is 21.3 Å². The number of aliphatic carboxylic acids is 1. The van der Waals surface area contributed by atoms with Crippen LogP contribution in [0, 0.1) is 0 Å². The van der Waals surface area contributed by atoms with Crippen LogP contribution in [0.5, 0.6) is 0 Å². The normalized spacial score (nSPS) is 9.50. The van der Waals surface area contributed by atoms with E-state index in [0.717, 1.165) is 12.8 Å². The molecule has 0 radical (unpaired) electrons. The van der Waals surface area contributed by atoms with Gasteiger partial charge in [-0.2, -0.15) is 0 Å². The Bertz CT molecular complexity index is 126. The SMILES string of the molecule is CCCCCCCCCCC(=O)O.[Ni]. The molecule has 0 rings (SSSR count). The quantitative estimate of drug-likeness (QED) is 0.497. The number of carboxylic acids is 1. The van der Waals surface area contributed by atoms with Gasteiger partial charge in [-0.25, -0.2) is 0 Å². The molecule has 1 N–H and O–H groups in total. The third-order valence-electron chi connectivity index (χ3n) is 2.24. The van der Waals surface area contributed by atoms with E-state index >= 15 is 0 Å². The molecule has 0 aliphatic rings. The Labute approximate surface area is 97.4 Å². The molecule has 0 saturated heterocycles. The molecule has 14 heavy (non-hydrogen) atoms. The Morgan fingerprint density at radius 1 is 0.929 bits per heavy atom. The summed E-state index contributed by atoms with van der Waals surface area (Å²) in [5.41, 5.74) is 0. The fraction of sp³-hybridized carbons (Fsp3) is 0.909. The first-order chi connectivity index (χ1) is 6.27. The Hall–Kier alpha value is -0.0365. The van der Waals surface area contributed by atoms with Crippen LogP contribution in [0.3, 0.4) is 0 Å². The minimum atomic E-state index is -0.661. The minimum Gasteiger partial charge on any atom is -0.481 e. The first-order valence-corrected chi connectivity index (χ1v) is 5.49. The Morgan fingerprint density at radius 2 is 1.36 bits per heavy atom. The van der Waals surface area contributed by atoms with Gasteiger partial charge >= 0.3 is 5.97 Å². The molecule has 0 fully saturated rings. The number of carbonyl (C=O) groups is 1. The van der Waals surface area contributed by atoms with Gasteiger partial charge in [0.1, 0.15) is 0 Å². The molecule has 0 spiro atoms. The van der Waals surface area contributed by atoms with Crippen molar-refractivity contribution in [2.75, 3.05) is 0 Å². The third kappa shape index (κ3) is 14.5. The van der Waals surface area contributed by atoms with Crippen molar-refractivity contribution in [1.29, 1.82) is 0 Å². The first-order valence-electron chi connectivity index (χ1n) is 5.49. The van der Waals surface area contributed by atoms with Crippen LogP contribution >= 0.6 is 0 Å². The van der Waals surface area contributed by atoms with E-state index in [9.17, 15) is 4.79 Å². The van der Waals surface area contributed by atoms with E-state index in [0.29, 0.717) is 6.42 Å². The maximum absolute atomic E-state index is 10.2. The molecule has 0 aromatic carbocycles. The Balaban J connectivity index is 0. The fourth-order valence-corrected chi connectivity index (χ4v) is 1.41. The average Bonchev–Trinajstić information content (AvgIpc) is 2.09. The van der Waals surface area contributed by atoms with Crippen LogP contribution in [0.4, 0.5) is 0 Å². The molecule has 0 saturated carbocycles. The van der Waals surface area contributed by atoms with Gasteiger partial charge in [0.15, 0.2) is 0 Å². The maximum Gasteiger partial charge on any atom is 0.303 e. The average molecular weight is 245 g/mol.